The summed E-state index contributed by atoms with van der Waals surface area (Å²) < 4.78 is 34.0. The summed E-state index contributed by atoms with van der Waals surface area (Å²) in [5, 5.41) is 8.94. The molecule has 4 N–H and O–H groups in total. The van der Waals surface area contributed by atoms with Gasteiger partial charge in [-0.2, -0.15) is 11.8 Å². The van der Waals surface area contributed by atoms with Gasteiger partial charge in [-0.15, -0.1) is 0 Å². The van der Waals surface area contributed by atoms with Crippen molar-refractivity contribution < 1.29 is 47.2 Å². The van der Waals surface area contributed by atoms with Crippen LogP contribution in [0.1, 0.15) is 219 Å². The average molecular weight is 944 g/mol. The molecule has 0 aromatic heterocycles. The summed E-state index contributed by atoms with van der Waals surface area (Å²) in [5.74, 6) is -0.192. The molecule has 2 rings (SSSR count). The number of hydrogen-bond donors (Lipinski definition) is 4. The molecule has 13 nitrogen and oxygen atoms in total. The Hall–Kier alpha value is -2.12. The lowest BCUT2D eigenvalue weighted by Gasteiger charge is -2.20. The molecule has 0 spiro atoms. The fourth-order valence-electron chi connectivity index (χ4n) is 8.17. The fraction of sp³-hybridized carbons (Fsp3) is 0.878. The highest BCUT2D eigenvalue weighted by Gasteiger charge is 2.42. The van der Waals surface area contributed by atoms with Gasteiger partial charge < -0.3 is 30.3 Å². The number of urea groups is 1. The van der Waals surface area contributed by atoms with Crippen molar-refractivity contribution in [3.05, 3.63) is 12.2 Å². The second kappa shape index (κ2) is 38.9. The monoisotopic (exact) mass is 944 g/mol. The number of phosphoric ester groups is 1. The first-order chi connectivity index (χ1) is 31.1. The molecule has 0 aromatic rings. The van der Waals surface area contributed by atoms with E-state index in [4.69, 9.17) is 18.5 Å². The standard InChI is InChI=1S/C49H90N3O10PS/c1-3-5-7-9-11-13-15-17-18-20-22-24-26-28-30-36-47(55)62-42(39-59-46(54)35-29-27-25-23-21-19-16-14-12-10-8-6-4-2)40-61-63(57,58)60-38-37-50-45(53)34-32-31-33-44-48-43(41-64-44)51-49(56)52-48/h17-18,42-44,48H,3-16,19-41H2,1-2H3,(H,50,53)(H,57,58)(H2,51,52,56)/b18-17-/t42-,43+,44+,48+/m1/s1. The average Bonchev–Trinajstić information content (AvgIpc) is 3.83. The van der Waals surface area contributed by atoms with E-state index in [-0.39, 0.29) is 56.6 Å². The zero-order chi connectivity index (χ0) is 46.4. The Balaban J connectivity index is 1.64. The van der Waals surface area contributed by atoms with E-state index in [0.717, 1.165) is 76.4 Å². The zero-order valence-electron chi connectivity index (χ0n) is 40.1. The third kappa shape index (κ3) is 31.7. The number of rotatable bonds is 44. The quantitative estimate of drug-likeness (QED) is 0.0150. The first kappa shape index (κ1) is 58.0. The van der Waals surface area contributed by atoms with Gasteiger partial charge in [-0.05, 0) is 51.4 Å². The number of allylic oxidation sites excluding steroid dienone is 2. The van der Waals surface area contributed by atoms with Gasteiger partial charge in [0, 0.05) is 36.8 Å². The van der Waals surface area contributed by atoms with Crippen LogP contribution in [0.5, 0.6) is 0 Å². The molecule has 0 bridgehead atoms. The van der Waals surface area contributed by atoms with Crippen molar-refractivity contribution in [2.24, 2.45) is 0 Å². The normalized spacial score (nSPS) is 18.4. The molecule has 0 aliphatic carbocycles. The lowest BCUT2D eigenvalue weighted by atomic mass is 10.0. The highest BCUT2D eigenvalue weighted by molar-refractivity contribution is 8.00. The lowest BCUT2D eigenvalue weighted by molar-refractivity contribution is -0.161. The Bertz CT molecular complexity index is 1310. The van der Waals surface area contributed by atoms with Crippen LogP contribution in [-0.2, 0) is 37.5 Å². The van der Waals surface area contributed by atoms with Crippen LogP contribution in [-0.4, -0.2) is 84.3 Å². The Morgan fingerprint density at radius 3 is 1.78 bits per heavy atom. The minimum atomic E-state index is -4.57. The van der Waals surface area contributed by atoms with E-state index in [1.807, 2.05) is 11.8 Å². The number of hydrogen-bond acceptors (Lipinski definition) is 10. The van der Waals surface area contributed by atoms with Crippen molar-refractivity contribution in [2.45, 2.75) is 243 Å². The second-order valence-corrected chi connectivity index (χ2v) is 20.7. The lowest BCUT2D eigenvalue weighted by Crippen LogP contribution is -2.36. The van der Waals surface area contributed by atoms with E-state index in [1.54, 1.807) is 0 Å². The molecule has 2 aliphatic heterocycles. The van der Waals surface area contributed by atoms with Crippen molar-refractivity contribution >= 4 is 43.5 Å². The molecule has 64 heavy (non-hydrogen) atoms. The van der Waals surface area contributed by atoms with Crippen LogP contribution in [0.15, 0.2) is 12.2 Å². The number of esters is 2. The number of amides is 3. The van der Waals surface area contributed by atoms with Gasteiger partial charge in [0.15, 0.2) is 6.10 Å². The molecule has 15 heteroatoms. The van der Waals surface area contributed by atoms with E-state index in [1.165, 1.54) is 96.3 Å². The SMILES string of the molecule is CCCCCCCC/C=C\CCCCCCCC(=O)O[C@H](COC(=O)CCCCCCCCCCCCCCC)COP(=O)(O)OCCNC(=O)CCCC[C@@H]1SC[C@@H]2NC(=O)N[C@@H]21. The maximum atomic E-state index is 12.8. The Kier molecular flexibility index (Phi) is 35.3. The van der Waals surface area contributed by atoms with Crippen LogP contribution in [0.3, 0.4) is 0 Å². The summed E-state index contributed by atoms with van der Waals surface area (Å²) in [7, 11) is -4.57. The van der Waals surface area contributed by atoms with Gasteiger partial charge in [0.1, 0.15) is 6.61 Å². The van der Waals surface area contributed by atoms with Gasteiger partial charge in [0.05, 0.1) is 25.3 Å². The van der Waals surface area contributed by atoms with Crippen LogP contribution in [0, 0.1) is 0 Å². The number of nitrogens with one attached hydrogen (secondary N) is 3. The number of phosphoric acid groups is 1. The summed E-state index contributed by atoms with van der Waals surface area (Å²) in [6.45, 7) is 3.45. The minimum Gasteiger partial charge on any atom is -0.462 e. The fourth-order valence-corrected chi connectivity index (χ4v) is 10.5. The first-order valence-electron chi connectivity index (χ1n) is 25.7. The molecule has 0 saturated carbocycles. The van der Waals surface area contributed by atoms with Crippen molar-refractivity contribution in [3.8, 4) is 0 Å². The van der Waals surface area contributed by atoms with Crippen LogP contribution in [0.4, 0.5) is 4.79 Å². The molecular weight excluding hydrogens is 854 g/mol. The maximum absolute atomic E-state index is 12.8. The molecule has 2 saturated heterocycles. The predicted octanol–water partition coefficient (Wildman–Crippen LogP) is 11.9. The van der Waals surface area contributed by atoms with Crippen LogP contribution >= 0.6 is 19.6 Å². The van der Waals surface area contributed by atoms with Crippen LogP contribution < -0.4 is 16.0 Å². The minimum absolute atomic E-state index is 0.0118. The summed E-state index contributed by atoms with van der Waals surface area (Å²) in [5.41, 5.74) is 0. The Morgan fingerprint density at radius 2 is 1.20 bits per heavy atom. The van der Waals surface area contributed by atoms with Crippen molar-refractivity contribution in [3.63, 3.8) is 0 Å². The van der Waals surface area contributed by atoms with Gasteiger partial charge in [0.2, 0.25) is 5.91 Å². The Morgan fingerprint density at radius 1 is 0.688 bits per heavy atom. The van der Waals surface area contributed by atoms with E-state index in [0.29, 0.717) is 30.9 Å². The van der Waals surface area contributed by atoms with Crippen molar-refractivity contribution in [1.82, 2.24) is 16.0 Å². The Labute approximate surface area is 392 Å². The van der Waals surface area contributed by atoms with Gasteiger partial charge in [-0.3, -0.25) is 23.4 Å². The molecule has 2 heterocycles. The summed E-state index contributed by atoms with van der Waals surface area (Å²) in [6.07, 6.45) is 37.3. The molecular formula is C49H90N3O10PS. The predicted molar refractivity (Wildman–Crippen MR) is 259 cm³/mol. The van der Waals surface area contributed by atoms with E-state index < -0.39 is 32.5 Å². The number of ether oxygens (including phenoxy) is 2. The van der Waals surface area contributed by atoms with Crippen LogP contribution in [0.25, 0.3) is 0 Å². The van der Waals surface area contributed by atoms with E-state index in [2.05, 4.69) is 41.9 Å². The third-order valence-corrected chi connectivity index (χ3v) is 14.5. The number of fused-ring (bicyclic) bond motifs is 1. The number of unbranched alkanes of at least 4 members (excludes halogenated alkanes) is 24. The largest absolute Gasteiger partial charge is 0.472 e. The highest BCUT2D eigenvalue weighted by Crippen LogP contribution is 2.43. The maximum Gasteiger partial charge on any atom is 0.472 e. The zero-order valence-corrected chi connectivity index (χ0v) is 41.8. The summed E-state index contributed by atoms with van der Waals surface area (Å²) in [6, 6.07) is 0.197. The number of carbonyl (C=O) groups is 4. The highest BCUT2D eigenvalue weighted by atomic mass is 32.2. The molecule has 372 valence electrons. The molecule has 2 aliphatic rings. The molecule has 0 radical (unpaired) electrons. The van der Waals surface area contributed by atoms with Crippen LogP contribution in [0.2, 0.25) is 0 Å². The van der Waals surface area contributed by atoms with Gasteiger partial charge in [0.25, 0.3) is 0 Å². The van der Waals surface area contributed by atoms with E-state index in [9.17, 15) is 28.6 Å². The molecule has 0 aromatic carbocycles. The molecule has 1 unspecified atom stereocenters. The van der Waals surface area contributed by atoms with Crippen molar-refractivity contribution in [2.75, 3.05) is 32.1 Å². The van der Waals surface area contributed by atoms with Gasteiger partial charge in [-0.1, -0.05) is 161 Å². The molecule has 2 fully saturated rings. The third-order valence-electron chi connectivity index (χ3n) is 12.0. The van der Waals surface area contributed by atoms with Gasteiger partial charge in [-0.25, -0.2) is 9.36 Å². The second-order valence-electron chi connectivity index (χ2n) is 17.9. The summed E-state index contributed by atoms with van der Waals surface area (Å²) >= 11 is 1.84. The first-order valence-corrected chi connectivity index (χ1v) is 28.2. The number of carbonyl (C=O) groups excluding carboxylic acids is 4. The smallest absolute Gasteiger partial charge is 0.462 e. The number of thioether (sulfide) groups is 1. The van der Waals surface area contributed by atoms with E-state index >= 15 is 0 Å². The topological polar surface area (TPSA) is 179 Å². The summed E-state index contributed by atoms with van der Waals surface area (Å²) in [4.78, 5) is 59.7. The van der Waals surface area contributed by atoms with Gasteiger partial charge >= 0.3 is 25.8 Å². The molecule has 3 amide bonds. The van der Waals surface area contributed by atoms with Crippen molar-refractivity contribution in [1.29, 1.82) is 0 Å². The molecule has 5 atom stereocenters.